The number of Topliss-reactive ketones (excluding diaryl/α,β-unsaturated/α-hetero) is 1. The van der Waals surface area contributed by atoms with Gasteiger partial charge in [0.1, 0.15) is 6.07 Å². The zero-order valence-corrected chi connectivity index (χ0v) is 11.2. The third-order valence-electron chi connectivity index (χ3n) is 3.59. The van der Waals surface area contributed by atoms with E-state index in [1.54, 1.807) is 13.0 Å². The lowest BCUT2D eigenvalue weighted by Gasteiger charge is -2.36. The predicted molar refractivity (Wildman–Crippen MR) is 73.5 cm³/mol. The Bertz CT molecular complexity index is 592. The molecule has 1 fully saturated rings. The van der Waals surface area contributed by atoms with Gasteiger partial charge >= 0.3 is 0 Å². The molecule has 0 radical (unpaired) electrons. The number of nitro benzene ring substituents is 1. The summed E-state index contributed by atoms with van der Waals surface area (Å²) >= 11 is 0. The summed E-state index contributed by atoms with van der Waals surface area (Å²) in [4.78, 5) is 23.9. The average Bonchev–Trinajstić information content (AvgIpc) is 2.46. The number of anilines is 1. The maximum absolute atomic E-state index is 11.7. The Kier molecular flexibility index (Phi) is 3.99. The molecule has 1 unspecified atom stereocenters. The third-order valence-corrected chi connectivity index (χ3v) is 3.59. The van der Waals surface area contributed by atoms with Crippen molar-refractivity contribution in [3.05, 3.63) is 33.9 Å². The van der Waals surface area contributed by atoms with Crippen LogP contribution in [0.2, 0.25) is 0 Å². The van der Waals surface area contributed by atoms with Gasteiger partial charge in [-0.1, -0.05) is 0 Å². The van der Waals surface area contributed by atoms with Crippen LogP contribution in [0.4, 0.5) is 11.4 Å². The summed E-state index contributed by atoms with van der Waals surface area (Å²) in [5, 5.41) is 20.0. The normalized spacial score (nSPS) is 18.4. The number of carbonyl (C=O) groups is 1. The van der Waals surface area contributed by atoms with E-state index in [4.69, 9.17) is 0 Å². The van der Waals surface area contributed by atoms with Crippen LogP contribution in [0.5, 0.6) is 0 Å². The first-order chi connectivity index (χ1) is 9.54. The van der Waals surface area contributed by atoms with E-state index < -0.39 is 4.92 Å². The number of non-ortho nitro benzene ring substituents is 1. The van der Waals surface area contributed by atoms with E-state index in [9.17, 15) is 20.2 Å². The van der Waals surface area contributed by atoms with Crippen molar-refractivity contribution in [1.82, 2.24) is 0 Å². The summed E-state index contributed by atoms with van der Waals surface area (Å²) in [6.45, 7) is 2.23. The first kappa shape index (κ1) is 14.0. The maximum Gasteiger partial charge on any atom is 0.270 e. The average molecular weight is 273 g/mol. The van der Waals surface area contributed by atoms with Gasteiger partial charge in [-0.05, 0) is 32.3 Å². The van der Waals surface area contributed by atoms with Gasteiger partial charge in [0.25, 0.3) is 5.69 Å². The molecule has 0 N–H and O–H groups in total. The lowest BCUT2D eigenvalue weighted by Crippen LogP contribution is -2.44. The van der Waals surface area contributed by atoms with Crippen molar-refractivity contribution in [2.24, 2.45) is 0 Å². The molecule has 104 valence electrons. The number of piperidine rings is 1. The fraction of sp³-hybridized carbons (Fsp3) is 0.429. The van der Waals surface area contributed by atoms with E-state index in [0.717, 1.165) is 19.3 Å². The number of hydrogen-bond donors (Lipinski definition) is 0. The summed E-state index contributed by atoms with van der Waals surface area (Å²) in [6, 6.07) is 5.96. The second kappa shape index (κ2) is 5.70. The molecule has 0 spiro atoms. The number of nitriles is 1. The monoisotopic (exact) mass is 273 g/mol. The fourth-order valence-corrected chi connectivity index (χ4v) is 2.62. The molecule has 1 aromatic carbocycles. The van der Waals surface area contributed by atoms with Crippen molar-refractivity contribution < 1.29 is 9.72 Å². The van der Waals surface area contributed by atoms with Gasteiger partial charge in [0.2, 0.25) is 0 Å². The van der Waals surface area contributed by atoms with Crippen molar-refractivity contribution in [1.29, 1.82) is 5.26 Å². The van der Waals surface area contributed by atoms with E-state index >= 15 is 0 Å². The summed E-state index contributed by atoms with van der Waals surface area (Å²) in [6.07, 6.45) is 2.69. The Labute approximate surface area is 116 Å². The first-order valence-corrected chi connectivity index (χ1v) is 6.50. The van der Waals surface area contributed by atoms with Crippen molar-refractivity contribution in [3.63, 3.8) is 0 Å². The Balaban J connectivity index is 2.43. The number of rotatable bonds is 3. The minimum absolute atomic E-state index is 0.0620. The number of hydrogen-bond acceptors (Lipinski definition) is 5. The molecule has 0 bridgehead atoms. The highest BCUT2D eigenvalue weighted by Gasteiger charge is 2.28. The molecule has 1 aliphatic rings. The van der Waals surface area contributed by atoms with Crippen LogP contribution >= 0.6 is 0 Å². The number of benzene rings is 1. The predicted octanol–water partition coefficient (Wildman–Crippen LogP) is 2.41. The summed E-state index contributed by atoms with van der Waals surface area (Å²) in [7, 11) is 0. The van der Waals surface area contributed by atoms with Crippen LogP contribution in [0.1, 0.15) is 31.7 Å². The molecule has 1 aliphatic heterocycles. The Morgan fingerprint density at radius 3 is 2.85 bits per heavy atom. The van der Waals surface area contributed by atoms with E-state index in [0.29, 0.717) is 12.2 Å². The highest BCUT2D eigenvalue weighted by Crippen LogP contribution is 2.30. The molecule has 2 rings (SSSR count). The zero-order chi connectivity index (χ0) is 14.7. The third kappa shape index (κ3) is 2.62. The fourth-order valence-electron chi connectivity index (χ4n) is 2.62. The van der Waals surface area contributed by atoms with Gasteiger partial charge in [-0.2, -0.15) is 5.26 Å². The smallest absolute Gasteiger partial charge is 0.270 e. The summed E-state index contributed by atoms with van der Waals surface area (Å²) < 4.78 is 0. The van der Waals surface area contributed by atoms with Crippen LogP contribution < -0.4 is 4.90 Å². The molecule has 1 atom stereocenters. The van der Waals surface area contributed by atoms with Crippen LogP contribution in [0.25, 0.3) is 0 Å². The molecular formula is C14H15N3O3. The van der Waals surface area contributed by atoms with Crippen LogP contribution in [0, 0.1) is 21.4 Å². The number of carbonyl (C=O) groups excluding carboxylic acids is 1. The molecule has 0 aliphatic carbocycles. The zero-order valence-electron chi connectivity index (χ0n) is 11.2. The molecule has 0 aromatic heterocycles. The molecule has 1 aromatic rings. The van der Waals surface area contributed by atoms with Gasteiger partial charge in [0, 0.05) is 18.7 Å². The Hall–Kier alpha value is -2.42. The van der Waals surface area contributed by atoms with E-state index in [1.807, 2.05) is 11.0 Å². The summed E-state index contributed by atoms with van der Waals surface area (Å²) in [5.41, 5.74) is 0.743. The molecule has 20 heavy (non-hydrogen) atoms. The highest BCUT2D eigenvalue weighted by atomic mass is 16.6. The van der Waals surface area contributed by atoms with E-state index in [1.165, 1.54) is 12.1 Å². The molecule has 6 nitrogen and oxygen atoms in total. The van der Waals surface area contributed by atoms with Crippen molar-refractivity contribution >= 4 is 17.2 Å². The topological polar surface area (TPSA) is 87.2 Å². The molecule has 6 heteroatoms. The molecular weight excluding hydrogens is 258 g/mol. The maximum atomic E-state index is 11.7. The molecule has 1 heterocycles. The second-order valence-electron chi connectivity index (χ2n) is 4.89. The van der Waals surface area contributed by atoms with Crippen molar-refractivity contribution in [2.75, 3.05) is 11.4 Å². The number of nitrogens with zero attached hydrogens (tertiary/aromatic N) is 3. The Morgan fingerprint density at radius 1 is 1.50 bits per heavy atom. The van der Waals surface area contributed by atoms with Gasteiger partial charge < -0.3 is 4.90 Å². The number of ketones is 1. The van der Waals surface area contributed by atoms with Gasteiger partial charge in [0.05, 0.1) is 22.2 Å². The van der Waals surface area contributed by atoms with Crippen LogP contribution in [0.3, 0.4) is 0 Å². The minimum Gasteiger partial charge on any atom is -0.360 e. The van der Waals surface area contributed by atoms with Crippen molar-refractivity contribution in [3.8, 4) is 6.07 Å². The van der Waals surface area contributed by atoms with Gasteiger partial charge in [-0.3, -0.25) is 14.9 Å². The van der Waals surface area contributed by atoms with E-state index in [2.05, 4.69) is 0 Å². The second-order valence-corrected chi connectivity index (χ2v) is 4.89. The van der Waals surface area contributed by atoms with E-state index in [-0.39, 0.29) is 23.1 Å². The van der Waals surface area contributed by atoms with Crippen LogP contribution in [-0.4, -0.2) is 23.3 Å². The lowest BCUT2D eigenvalue weighted by molar-refractivity contribution is -0.384. The lowest BCUT2D eigenvalue weighted by atomic mass is 9.97. The van der Waals surface area contributed by atoms with Crippen molar-refractivity contribution in [2.45, 2.75) is 32.2 Å². The van der Waals surface area contributed by atoms with Gasteiger partial charge in [-0.25, -0.2) is 0 Å². The van der Waals surface area contributed by atoms with Gasteiger partial charge in [0.15, 0.2) is 5.78 Å². The van der Waals surface area contributed by atoms with Gasteiger partial charge in [-0.15, -0.1) is 0 Å². The standard InChI is InChI=1S/C14H15N3O3/c1-10(18)13-4-2-3-7-16(13)14-6-5-12(17(19)20)8-11(14)9-15/h5-6,8,13H,2-4,7H2,1H3. The first-order valence-electron chi connectivity index (χ1n) is 6.50. The van der Waals surface area contributed by atoms with Crippen LogP contribution in [0.15, 0.2) is 18.2 Å². The van der Waals surface area contributed by atoms with Crippen LogP contribution in [-0.2, 0) is 4.79 Å². The Morgan fingerprint density at radius 2 is 2.25 bits per heavy atom. The highest BCUT2D eigenvalue weighted by molar-refractivity contribution is 5.86. The minimum atomic E-state index is -0.525. The number of nitro groups is 1. The quantitative estimate of drug-likeness (QED) is 0.623. The molecule has 0 saturated carbocycles. The SMILES string of the molecule is CC(=O)C1CCCCN1c1ccc([N+](=O)[O-])cc1C#N. The summed E-state index contributed by atoms with van der Waals surface area (Å²) in [5.74, 6) is 0.0620. The molecule has 1 saturated heterocycles. The molecule has 0 amide bonds. The largest absolute Gasteiger partial charge is 0.360 e.